The van der Waals surface area contributed by atoms with Crippen LogP contribution >= 0.6 is 0 Å². The van der Waals surface area contributed by atoms with Crippen molar-refractivity contribution in [2.75, 3.05) is 41.6 Å². The van der Waals surface area contributed by atoms with Gasteiger partial charge in [0, 0.05) is 37.4 Å². The van der Waals surface area contributed by atoms with Crippen LogP contribution in [0.3, 0.4) is 0 Å². The summed E-state index contributed by atoms with van der Waals surface area (Å²) >= 11 is 0. The highest BCUT2D eigenvalue weighted by atomic mass is 32.2. The monoisotopic (exact) mass is 495 g/mol. The average Bonchev–Trinajstić information content (AvgIpc) is 2.84. The van der Waals surface area contributed by atoms with Crippen LogP contribution in [0.4, 0.5) is 15.8 Å². The van der Waals surface area contributed by atoms with Crippen molar-refractivity contribution in [1.29, 1.82) is 0 Å². The third-order valence-electron chi connectivity index (χ3n) is 6.32. The molecule has 0 aliphatic carbocycles. The molecule has 35 heavy (non-hydrogen) atoms. The molecule has 4 rings (SSSR count). The molecule has 0 aromatic heterocycles. The van der Waals surface area contributed by atoms with Gasteiger partial charge in [0.2, 0.25) is 10.0 Å². The summed E-state index contributed by atoms with van der Waals surface area (Å²) in [4.78, 5) is 17.0. The molecule has 1 aliphatic heterocycles. The molecule has 1 fully saturated rings. The second kappa shape index (κ2) is 10.1. The van der Waals surface area contributed by atoms with Crippen LogP contribution in [0, 0.1) is 19.7 Å². The van der Waals surface area contributed by atoms with Crippen molar-refractivity contribution in [2.45, 2.75) is 20.4 Å². The highest BCUT2D eigenvalue weighted by molar-refractivity contribution is 7.92. The maximum Gasteiger partial charge on any atom is 0.253 e. The van der Waals surface area contributed by atoms with Crippen molar-refractivity contribution in [2.24, 2.45) is 0 Å². The van der Waals surface area contributed by atoms with Crippen LogP contribution in [0.2, 0.25) is 0 Å². The molecule has 0 atom stereocenters. The molecule has 0 saturated carbocycles. The fraction of sp³-hybridized carbons (Fsp3) is 0.296. The molecule has 0 unspecified atom stereocenters. The number of nitrogens with zero attached hydrogens (tertiary/aromatic N) is 3. The van der Waals surface area contributed by atoms with E-state index >= 15 is 0 Å². The van der Waals surface area contributed by atoms with Gasteiger partial charge in [0.15, 0.2) is 0 Å². The number of halogens is 1. The molecule has 3 aromatic carbocycles. The topological polar surface area (TPSA) is 60.9 Å². The Hall–Kier alpha value is -3.39. The first-order valence-electron chi connectivity index (χ1n) is 11.6. The predicted molar refractivity (Wildman–Crippen MR) is 138 cm³/mol. The van der Waals surface area contributed by atoms with Crippen molar-refractivity contribution in [3.05, 3.63) is 94.8 Å². The van der Waals surface area contributed by atoms with Gasteiger partial charge in [-0.05, 0) is 73.0 Å². The van der Waals surface area contributed by atoms with E-state index in [1.165, 1.54) is 22.7 Å². The molecule has 0 radical (unpaired) electrons. The maximum atomic E-state index is 13.2. The minimum Gasteiger partial charge on any atom is -0.368 e. The first-order chi connectivity index (χ1) is 16.6. The minimum absolute atomic E-state index is 0.0511. The lowest BCUT2D eigenvalue weighted by atomic mass is 10.1. The summed E-state index contributed by atoms with van der Waals surface area (Å²) in [6, 6.07) is 19.3. The summed E-state index contributed by atoms with van der Waals surface area (Å²) in [7, 11) is -3.50. The smallest absolute Gasteiger partial charge is 0.253 e. The highest BCUT2D eigenvalue weighted by Crippen LogP contribution is 2.26. The summed E-state index contributed by atoms with van der Waals surface area (Å²) in [5.41, 5.74) is 4.84. The number of carbonyl (C=O) groups excluding carboxylic acids is 1. The molecular weight excluding hydrogens is 465 g/mol. The fourth-order valence-electron chi connectivity index (χ4n) is 4.29. The van der Waals surface area contributed by atoms with Crippen molar-refractivity contribution in [3.8, 4) is 0 Å². The van der Waals surface area contributed by atoms with Gasteiger partial charge in [-0.3, -0.25) is 9.10 Å². The summed E-state index contributed by atoms with van der Waals surface area (Å²) in [5.74, 6) is -0.315. The Labute approximate surface area is 206 Å². The second-order valence-electron chi connectivity index (χ2n) is 9.01. The fourth-order valence-corrected chi connectivity index (χ4v) is 5.23. The quantitative estimate of drug-likeness (QED) is 0.510. The van der Waals surface area contributed by atoms with E-state index in [4.69, 9.17) is 0 Å². The molecule has 0 spiro atoms. The van der Waals surface area contributed by atoms with E-state index in [-0.39, 0.29) is 18.3 Å². The van der Waals surface area contributed by atoms with Gasteiger partial charge in [-0.1, -0.05) is 24.3 Å². The molecule has 0 N–H and O–H groups in total. The molecule has 8 heteroatoms. The number of sulfonamides is 1. The standard InChI is InChI=1S/C27H30FN3O3S/c1-20-4-5-21(2)26(18-20)31(35(3,33)34)19-22-6-8-23(9-7-22)27(32)30-16-14-29(15-17-30)25-12-10-24(28)11-13-25/h4-13,18H,14-17,19H2,1-3H3. The zero-order valence-corrected chi connectivity index (χ0v) is 21.1. The molecule has 6 nitrogen and oxygen atoms in total. The van der Waals surface area contributed by atoms with Crippen LogP contribution in [0.1, 0.15) is 27.0 Å². The number of hydrogen-bond acceptors (Lipinski definition) is 4. The zero-order chi connectivity index (χ0) is 25.2. The van der Waals surface area contributed by atoms with Crippen molar-refractivity contribution >= 4 is 27.3 Å². The largest absolute Gasteiger partial charge is 0.368 e. The lowest BCUT2D eigenvalue weighted by molar-refractivity contribution is 0.0746. The first-order valence-corrected chi connectivity index (χ1v) is 13.4. The minimum atomic E-state index is -3.50. The van der Waals surface area contributed by atoms with Gasteiger partial charge >= 0.3 is 0 Å². The Morgan fingerprint density at radius 1 is 0.914 bits per heavy atom. The van der Waals surface area contributed by atoms with Crippen LogP contribution in [0.15, 0.2) is 66.7 Å². The van der Waals surface area contributed by atoms with E-state index in [2.05, 4.69) is 4.90 Å². The van der Waals surface area contributed by atoms with Crippen LogP contribution in [-0.2, 0) is 16.6 Å². The Bertz CT molecular complexity index is 1300. The SMILES string of the molecule is Cc1ccc(C)c(N(Cc2ccc(C(=O)N3CCN(c4ccc(F)cc4)CC3)cc2)S(C)(=O)=O)c1. The van der Waals surface area contributed by atoms with Gasteiger partial charge in [-0.2, -0.15) is 0 Å². The zero-order valence-electron chi connectivity index (χ0n) is 20.2. The molecular formula is C27H30FN3O3S. The molecule has 1 saturated heterocycles. The Kier molecular flexibility index (Phi) is 7.12. The summed E-state index contributed by atoms with van der Waals surface area (Å²) in [5, 5.41) is 0. The summed E-state index contributed by atoms with van der Waals surface area (Å²) < 4.78 is 39.7. The normalized spacial score (nSPS) is 14.2. The second-order valence-corrected chi connectivity index (χ2v) is 10.9. The maximum absolute atomic E-state index is 13.2. The van der Waals surface area contributed by atoms with E-state index in [0.717, 1.165) is 22.4 Å². The Morgan fingerprint density at radius 2 is 1.54 bits per heavy atom. The van der Waals surface area contributed by atoms with E-state index < -0.39 is 10.0 Å². The number of anilines is 2. The van der Waals surface area contributed by atoms with Gasteiger partial charge in [0.05, 0.1) is 18.5 Å². The van der Waals surface area contributed by atoms with Gasteiger partial charge in [0.1, 0.15) is 5.82 Å². The highest BCUT2D eigenvalue weighted by Gasteiger charge is 2.23. The lowest BCUT2D eigenvalue weighted by Gasteiger charge is -2.36. The molecule has 184 valence electrons. The van der Waals surface area contributed by atoms with Crippen molar-refractivity contribution in [1.82, 2.24) is 4.90 Å². The molecule has 3 aromatic rings. The van der Waals surface area contributed by atoms with E-state index in [9.17, 15) is 17.6 Å². The van der Waals surface area contributed by atoms with Crippen LogP contribution in [-0.4, -0.2) is 51.7 Å². The van der Waals surface area contributed by atoms with E-state index in [1.807, 2.05) is 49.1 Å². The third-order valence-corrected chi connectivity index (χ3v) is 7.45. The first kappa shape index (κ1) is 24.7. The lowest BCUT2D eigenvalue weighted by Crippen LogP contribution is -2.48. The van der Waals surface area contributed by atoms with Gasteiger partial charge < -0.3 is 9.80 Å². The van der Waals surface area contributed by atoms with Crippen molar-refractivity contribution < 1.29 is 17.6 Å². The number of amides is 1. The Balaban J connectivity index is 1.43. The molecule has 1 aliphatic rings. The number of piperazine rings is 1. The summed E-state index contributed by atoms with van der Waals surface area (Å²) in [6.45, 7) is 6.52. The summed E-state index contributed by atoms with van der Waals surface area (Å²) in [6.07, 6.45) is 1.21. The molecule has 0 bridgehead atoms. The van der Waals surface area contributed by atoms with E-state index in [0.29, 0.717) is 37.4 Å². The van der Waals surface area contributed by atoms with Gasteiger partial charge in [0.25, 0.3) is 5.91 Å². The number of hydrogen-bond donors (Lipinski definition) is 0. The Morgan fingerprint density at radius 3 is 2.14 bits per heavy atom. The number of benzene rings is 3. The van der Waals surface area contributed by atoms with Gasteiger partial charge in [-0.25, -0.2) is 12.8 Å². The number of carbonyl (C=O) groups is 1. The van der Waals surface area contributed by atoms with Crippen LogP contribution in [0.25, 0.3) is 0 Å². The number of aryl methyl sites for hydroxylation is 2. The van der Waals surface area contributed by atoms with Gasteiger partial charge in [-0.15, -0.1) is 0 Å². The predicted octanol–water partition coefficient (Wildman–Crippen LogP) is 4.37. The van der Waals surface area contributed by atoms with Crippen LogP contribution in [0.5, 0.6) is 0 Å². The van der Waals surface area contributed by atoms with Crippen molar-refractivity contribution in [3.63, 3.8) is 0 Å². The third kappa shape index (κ3) is 5.82. The average molecular weight is 496 g/mol. The van der Waals surface area contributed by atoms with E-state index in [1.54, 1.807) is 24.3 Å². The molecule has 1 heterocycles. The molecule has 1 amide bonds. The number of rotatable bonds is 6. The van der Waals surface area contributed by atoms with Crippen LogP contribution < -0.4 is 9.21 Å².